The summed E-state index contributed by atoms with van der Waals surface area (Å²) in [6.07, 6.45) is 1.10. The number of rotatable bonds is 4. The van der Waals surface area contributed by atoms with Crippen LogP contribution in [0.2, 0.25) is 5.15 Å². The molecule has 1 N–H and O–H groups in total. The van der Waals surface area contributed by atoms with Gasteiger partial charge in [0.15, 0.2) is 10.8 Å². The molecule has 0 spiro atoms. The molecule has 0 bridgehead atoms. The molecule has 108 valence electrons. The summed E-state index contributed by atoms with van der Waals surface area (Å²) in [6.45, 7) is 0.710. The molecule has 7 nitrogen and oxygen atoms in total. The third-order valence-electron chi connectivity index (χ3n) is 3.02. The van der Waals surface area contributed by atoms with Gasteiger partial charge in [-0.05, 0) is 25.0 Å². The Morgan fingerprint density at radius 2 is 2.05 bits per heavy atom. The van der Waals surface area contributed by atoms with E-state index in [2.05, 4.69) is 10.2 Å². The second-order valence-electron chi connectivity index (χ2n) is 4.44. The summed E-state index contributed by atoms with van der Waals surface area (Å²) in [5.74, 6) is -1.19. The number of halogens is 1. The number of ether oxygens (including phenoxy) is 1. The molecule has 1 saturated heterocycles. The third-order valence-corrected chi connectivity index (χ3v) is 3.22. The number of hydrogen-bond acceptors (Lipinski definition) is 5. The molecule has 0 atom stereocenters. The Balaban J connectivity index is 1.85. The van der Waals surface area contributed by atoms with E-state index in [0.29, 0.717) is 25.9 Å². The number of aliphatic carboxylic acids is 1. The molecule has 1 aliphatic rings. The van der Waals surface area contributed by atoms with Crippen molar-refractivity contribution >= 4 is 23.5 Å². The lowest BCUT2D eigenvalue weighted by Crippen LogP contribution is -2.41. The Kier molecular flexibility index (Phi) is 4.86. The molecule has 0 aliphatic carbocycles. The van der Waals surface area contributed by atoms with E-state index < -0.39 is 5.97 Å². The first kappa shape index (κ1) is 14.7. The maximum absolute atomic E-state index is 12.1. The van der Waals surface area contributed by atoms with Crippen LogP contribution in [-0.2, 0) is 9.53 Å². The monoisotopic (exact) mass is 299 g/mol. The predicted octanol–water partition coefficient (Wildman–Crippen LogP) is 0.836. The van der Waals surface area contributed by atoms with Crippen LogP contribution in [0.4, 0.5) is 0 Å². The number of carbonyl (C=O) groups is 2. The molecule has 8 heteroatoms. The van der Waals surface area contributed by atoms with Crippen LogP contribution in [0.15, 0.2) is 12.1 Å². The molecular formula is C12H14ClN3O4. The van der Waals surface area contributed by atoms with E-state index in [-0.39, 0.29) is 29.5 Å². The van der Waals surface area contributed by atoms with Gasteiger partial charge in [0.05, 0.1) is 6.10 Å². The first-order valence-electron chi connectivity index (χ1n) is 6.18. The highest BCUT2D eigenvalue weighted by molar-refractivity contribution is 6.29. The van der Waals surface area contributed by atoms with Gasteiger partial charge in [-0.1, -0.05) is 11.6 Å². The lowest BCUT2D eigenvalue weighted by Gasteiger charge is -2.31. The van der Waals surface area contributed by atoms with E-state index in [1.54, 1.807) is 4.90 Å². The van der Waals surface area contributed by atoms with Crippen LogP contribution in [0, 0.1) is 0 Å². The molecular weight excluding hydrogens is 286 g/mol. The van der Waals surface area contributed by atoms with Crippen molar-refractivity contribution < 1.29 is 19.4 Å². The second kappa shape index (κ2) is 6.62. The molecule has 2 rings (SSSR count). The predicted molar refractivity (Wildman–Crippen MR) is 69.6 cm³/mol. The summed E-state index contributed by atoms with van der Waals surface area (Å²) in [5.41, 5.74) is 0.249. The fourth-order valence-corrected chi connectivity index (χ4v) is 2.11. The van der Waals surface area contributed by atoms with Crippen molar-refractivity contribution in [1.29, 1.82) is 0 Å². The minimum Gasteiger partial charge on any atom is -0.480 e. The van der Waals surface area contributed by atoms with Crippen molar-refractivity contribution in [2.75, 3.05) is 19.7 Å². The average Bonchev–Trinajstić information content (AvgIpc) is 2.46. The highest BCUT2D eigenvalue weighted by atomic mass is 35.5. The van der Waals surface area contributed by atoms with Crippen LogP contribution < -0.4 is 0 Å². The van der Waals surface area contributed by atoms with Crippen LogP contribution in [-0.4, -0.2) is 57.9 Å². The number of nitrogens with zero attached hydrogens (tertiary/aromatic N) is 3. The summed E-state index contributed by atoms with van der Waals surface area (Å²) < 4.78 is 5.21. The highest BCUT2D eigenvalue weighted by Gasteiger charge is 2.25. The molecule has 1 aromatic heterocycles. The third kappa shape index (κ3) is 3.88. The summed E-state index contributed by atoms with van der Waals surface area (Å²) in [7, 11) is 0. The fraction of sp³-hybridized carbons (Fsp3) is 0.500. The fourth-order valence-electron chi connectivity index (χ4n) is 2.01. The SMILES string of the molecule is O=C(O)COC1CCN(C(=O)c2ccc(Cl)nn2)CC1. The average molecular weight is 300 g/mol. The normalized spacial score (nSPS) is 16.1. The number of likely N-dealkylation sites (tertiary alicyclic amines) is 1. The zero-order chi connectivity index (χ0) is 14.5. The van der Waals surface area contributed by atoms with E-state index >= 15 is 0 Å². The van der Waals surface area contributed by atoms with E-state index in [0.717, 1.165) is 0 Å². The van der Waals surface area contributed by atoms with Crippen LogP contribution in [0.5, 0.6) is 0 Å². The van der Waals surface area contributed by atoms with Crippen LogP contribution in [0.1, 0.15) is 23.3 Å². The molecule has 1 fully saturated rings. The molecule has 0 radical (unpaired) electrons. The molecule has 1 aliphatic heterocycles. The molecule has 20 heavy (non-hydrogen) atoms. The smallest absolute Gasteiger partial charge is 0.329 e. The maximum atomic E-state index is 12.1. The summed E-state index contributed by atoms with van der Waals surface area (Å²) in [5, 5.41) is 16.2. The number of carboxylic acids is 1. The van der Waals surface area contributed by atoms with Gasteiger partial charge in [-0.15, -0.1) is 10.2 Å². The highest BCUT2D eigenvalue weighted by Crippen LogP contribution is 2.16. The Labute approximate surface area is 120 Å². The minimum absolute atomic E-state index is 0.119. The number of carbonyl (C=O) groups excluding carboxylic acids is 1. The topological polar surface area (TPSA) is 92.6 Å². The summed E-state index contributed by atoms with van der Waals surface area (Å²) >= 11 is 5.62. The van der Waals surface area contributed by atoms with Gasteiger partial charge in [-0.2, -0.15) is 0 Å². The maximum Gasteiger partial charge on any atom is 0.329 e. The van der Waals surface area contributed by atoms with Crippen molar-refractivity contribution in [2.24, 2.45) is 0 Å². The first-order valence-corrected chi connectivity index (χ1v) is 6.56. The van der Waals surface area contributed by atoms with Crippen LogP contribution in [0.25, 0.3) is 0 Å². The lowest BCUT2D eigenvalue weighted by molar-refractivity contribution is -0.145. The molecule has 0 aromatic carbocycles. The molecule has 1 aromatic rings. The largest absolute Gasteiger partial charge is 0.480 e. The zero-order valence-electron chi connectivity index (χ0n) is 10.7. The number of amides is 1. The van der Waals surface area contributed by atoms with Gasteiger partial charge in [0, 0.05) is 13.1 Å². The molecule has 2 heterocycles. The number of piperidine rings is 1. The van der Waals surface area contributed by atoms with Crippen molar-refractivity contribution in [1.82, 2.24) is 15.1 Å². The number of aromatic nitrogens is 2. The van der Waals surface area contributed by atoms with Crippen molar-refractivity contribution in [3.05, 3.63) is 23.0 Å². The van der Waals surface area contributed by atoms with Gasteiger partial charge >= 0.3 is 5.97 Å². The van der Waals surface area contributed by atoms with Gasteiger partial charge < -0.3 is 14.7 Å². The van der Waals surface area contributed by atoms with Crippen molar-refractivity contribution in [3.63, 3.8) is 0 Å². The number of carboxylic acid groups (broad SMARTS) is 1. The van der Waals surface area contributed by atoms with Crippen LogP contribution >= 0.6 is 11.6 Å². The summed E-state index contributed by atoms with van der Waals surface area (Å²) in [4.78, 5) is 24.2. The van der Waals surface area contributed by atoms with E-state index in [1.807, 2.05) is 0 Å². The number of hydrogen-bond donors (Lipinski definition) is 1. The van der Waals surface area contributed by atoms with Gasteiger partial charge in [0.1, 0.15) is 6.61 Å². The van der Waals surface area contributed by atoms with Gasteiger partial charge in [-0.3, -0.25) is 4.79 Å². The minimum atomic E-state index is -0.986. The Bertz CT molecular complexity index is 486. The standard InChI is InChI=1S/C12H14ClN3O4/c13-10-2-1-9(14-15-10)12(19)16-5-3-8(4-6-16)20-7-11(17)18/h1-2,8H,3-7H2,(H,17,18). The van der Waals surface area contributed by atoms with E-state index in [9.17, 15) is 9.59 Å². The zero-order valence-corrected chi connectivity index (χ0v) is 11.4. The molecule has 1 amide bonds. The van der Waals surface area contributed by atoms with Gasteiger partial charge in [0.2, 0.25) is 0 Å². The molecule has 0 unspecified atom stereocenters. The van der Waals surface area contributed by atoms with Gasteiger partial charge in [0.25, 0.3) is 5.91 Å². The second-order valence-corrected chi connectivity index (χ2v) is 4.82. The lowest BCUT2D eigenvalue weighted by atomic mass is 10.1. The Morgan fingerprint density at radius 3 is 2.60 bits per heavy atom. The van der Waals surface area contributed by atoms with Crippen LogP contribution in [0.3, 0.4) is 0 Å². The quantitative estimate of drug-likeness (QED) is 0.885. The Hall–Kier alpha value is -1.73. The van der Waals surface area contributed by atoms with Crippen molar-refractivity contribution in [3.8, 4) is 0 Å². The van der Waals surface area contributed by atoms with E-state index in [1.165, 1.54) is 12.1 Å². The Morgan fingerprint density at radius 1 is 1.35 bits per heavy atom. The van der Waals surface area contributed by atoms with Gasteiger partial charge in [-0.25, -0.2) is 4.79 Å². The van der Waals surface area contributed by atoms with E-state index in [4.69, 9.17) is 21.4 Å². The van der Waals surface area contributed by atoms with Crippen molar-refractivity contribution in [2.45, 2.75) is 18.9 Å². The summed E-state index contributed by atoms with van der Waals surface area (Å²) in [6, 6.07) is 3.05. The molecule has 0 saturated carbocycles. The first-order chi connectivity index (χ1) is 9.56.